The van der Waals surface area contributed by atoms with Crippen molar-refractivity contribution in [3.63, 3.8) is 0 Å². The molecule has 0 amide bonds. The third kappa shape index (κ3) is 9.62. The van der Waals surface area contributed by atoms with Gasteiger partial charge in [0.05, 0.1) is 0 Å². The molecule has 198 valence electrons. The minimum atomic E-state index is -1.67. The van der Waals surface area contributed by atoms with Gasteiger partial charge in [-0.15, -0.1) is 0 Å². The molecule has 3 aromatic carbocycles. The van der Waals surface area contributed by atoms with E-state index in [0.29, 0.717) is 0 Å². The summed E-state index contributed by atoms with van der Waals surface area (Å²) in [7, 11) is 0. The average Bonchev–Trinajstić information content (AvgIpc) is 2.95. The molecule has 0 spiro atoms. The maximum Gasteiger partial charge on any atom is 0.173 e. The molecule has 0 heterocycles. The Morgan fingerprint density at radius 2 is 1.16 bits per heavy atom. The van der Waals surface area contributed by atoms with Crippen molar-refractivity contribution in [2.45, 2.75) is 71.5 Å². The maximum atomic E-state index is 5.62. The van der Waals surface area contributed by atoms with E-state index in [1.165, 1.54) is 53.6 Å². The van der Waals surface area contributed by atoms with Gasteiger partial charge in [0.2, 0.25) is 0 Å². The molecule has 3 aromatic rings. The van der Waals surface area contributed by atoms with Gasteiger partial charge in [-0.1, -0.05) is 67.1 Å². The summed E-state index contributed by atoms with van der Waals surface area (Å²) in [5.41, 5.74) is 1.43. The van der Waals surface area contributed by atoms with Crippen molar-refractivity contribution in [1.29, 1.82) is 0 Å². The van der Waals surface area contributed by atoms with Crippen LogP contribution in [-0.2, 0) is 15.9 Å². The smallest absolute Gasteiger partial charge is 0.173 e. The first kappa shape index (κ1) is 30.0. The summed E-state index contributed by atoms with van der Waals surface area (Å²) in [5.74, 6) is 0. The molecule has 37 heavy (non-hydrogen) atoms. The highest BCUT2D eigenvalue weighted by molar-refractivity contribution is 14.2. The molecule has 0 unspecified atom stereocenters. The highest BCUT2D eigenvalue weighted by Gasteiger charge is 2.43. The van der Waals surface area contributed by atoms with Crippen LogP contribution in [0.5, 0.6) is 0 Å². The van der Waals surface area contributed by atoms with E-state index in [9.17, 15) is 0 Å². The first-order valence-electron chi connectivity index (χ1n) is 13.9. The number of hydrogen-bond donors (Lipinski definition) is 0. The topological polar surface area (TPSA) is 18.5 Å². The van der Waals surface area contributed by atoms with Crippen LogP contribution in [-0.4, -0.2) is 19.5 Å². The molecule has 3 rings (SSSR count). The van der Waals surface area contributed by atoms with Gasteiger partial charge >= 0.3 is 0 Å². The van der Waals surface area contributed by atoms with Crippen LogP contribution in [0.1, 0.15) is 64.4 Å². The van der Waals surface area contributed by atoms with E-state index in [2.05, 4.69) is 119 Å². The number of benzene rings is 3. The molecule has 2 nitrogen and oxygen atoms in total. The van der Waals surface area contributed by atoms with E-state index in [-0.39, 0.29) is 6.29 Å². The van der Waals surface area contributed by atoms with E-state index in [1.54, 1.807) is 0 Å². The van der Waals surface area contributed by atoms with E-state index in [4.69, 9.17) is 9.47 Å². The zero-order chi connectivity index (χ0) is 26.2. The predicted octanol–water partition coefficient (Wildman–Crippen LogP) is 8.56. The van der Waals surface area contributed by atoms with Crippen LogP contribution in [0, 0.1) is 0 Å². The SMILES string of the molecule is CCOC(CCCCC/C=C\CCCc1ccc([P+](I)(c2ccccc2)c2ccccc2)cc1)OCC. The van der Waals surface area contributed by atoms with Crippen LogP contribution in [0.15, 0.2) is 97.1 Å². The second-order valence-corrected chi connectivity index (χ2v) is 16.3. The zero-order valence-electron chi connectivity index (χ0n) is 22.5. The van der Waals surface area contributed by atoms with Crippen molar-refractivity contribution in [2.24, 2.45) is 0 Å². The van der Waals surface area contributed by atoms with Crippen LogP contribution in [0.3, 0.4) is 0 Å². The molecule has 4 heteroatoms. The first-order chi connectivity index (χ1) is 18.2. The lowest BCUT2D eigenvalue weighted by molar-refractivity contribution is -0.140. The summed E-state index contributed by atoms with van der Waals surface area (Å²) in [6, 6.07) is 31.4. The Kier molecular flexibility index (Phi) is 13.9. The standard InChI is InChI=1S/C33H43IO2P/c1-3-35-33(36-4-2)24-18-10-8-6-5-7-9-13-19-29-25-27-32(28-26-29)37(34,30-20-14-11-15-21-30)31-22-16-12-17-23-31/h5,7,11-12,14-17,20-23,25-28,33H,3-4,6,8-10,13,18-19,24H2,1-2H3/q+1/b7-5-. The number of hydrogen-bond acceptors (Lipinski definition) is 2. The molecule has 0 radical (unpaired) electrons. The molecule has 0 bridgehead atoms. The highest BCUT2D eigenvalue weighted by atomic mass is 127. The van der Waals surface area contributed by atoms with Gasteiger partial charge in [-0.05, 0) is 101 Å². The number of ether oxygens (including phenoxy) is 2. The van der Waals surface area contributed by atoms with Gasteiger partial charge in [0, 0.05) is 13.2 Å². The fourth-order valence-corrected chi connectivity index (χ4v) is 10.1. The number of rotatable bonds is 17. The van der Waals surface area contributed by atoms with Crippen molar-refractivity contribution in [2.75, 3.05) is 13.2 Å². The molecule has 0 aromatic heterocycles. The Morgan fingerprint density at radius 3 is 1.70 bits per heavy atom. The summed E-state index contributed by atoms with van der Waals surface area (Å²) in [6.07, 6.45) is 14.0. The van der Waals surface area contributed by atoms with Gasteiger partial charge in [-0.2, -0.15) is 0 Å². The molecule has 0 atom stereocenters. The average molecular weight is 630 g/mol. The quantitative estimate of drug-likeness (QED) is 0.0490. The minimum absolute atomic E-state index is 0.0218. The normalized spacial score (nSPS) is 12.0. The summed E-state index contributed by atoms with van der Waals surface area (Å²) in [6.45, 7) is 5.50. The Balaban J connectivity index is 1.43. The lowest BCUT2D eigenvalue weighted by Crippen LogP contribution is -2.26. The lowest BCUT2D eigenvalue weighted by atomic mass is 10.1. The molecule has 0 saturated heterocycles. The summed E-state index contributed by atoms with van der Waals surface area (Å²) < 4.78 is 11.2. The van der Waals surface area contributed by atoms with Gasteiger partial charge < -0.3 is 9.47 Å². The Morgan fingerprint density at radius 1 is 0.649 bits per heavy atom. The second kappa shape index (κ2) is 17.1. The fraction of sp³-hybridized carbons (Fsp3) is 0.394. The lowest BCUT2D eigenvalue weighted by Gasteiger charge is -2.20. The van der Waals surface area contributed by atoms with Gasteiger partial charge in [0.15, 0.2) is 33.2 Å². The molecule has 0 aliphatic rings. The Bertz CT molecular complexity index is 976. The molecular formula is C33H43IO2P+. The summed E-state index contributed by atoms with van der Waals surface area (Å²) >= 11 is 2.74. The second-order valence-electron chi connectivity index (χ2n) is 9.27. The van der Waals surface area contributed by atoms with Gasteiger partial charge in [-0.25, -0.2) is 0 Å². The monoisotopic (exact) mass is 629 g/mol. The van der Waals surface area contributed by atoms with Crippen LogP contribution in [0.2, 0.25) is 0 Å². The number of unbranched alkanes of at least 4 members (excludes halogenated alkanes) is 4. The number of aryl methyl sites for hydroxylation is 1. The highest BCUT2D eigenvalue weighted by Crippen LogP contribution is 2.63. The molecule has 0 saturated carbocycles. The van der Waals surface area contributed by atoms with Gasteiger partial charge in [0.25, 0.3) is 0 Å². The molecule has 0 fully saturated rings. The number of allylic oxidation sites excluding steroid dienone is 2. The van der Waals surface area contributed by atoms with Crippen molar-refractivity contribution in [3.05, 3.63) is 103 Å². The summed E-state index contributed by atoms with van der Waals surface area (Å²) in [5, 5.41) is 4.27. The third-order valence-electron chi connectivity index (χ3n) is 6.53. The van der Waals surface area contributed by atoms with Crippen molar-refractivity contribution < 1.29 is 9.47 Å². The van der Waals surface area contributed by atoms with Crippen LogP contribution in [0.4, 0.5) is 0 Å². The van der Waals surface area contributed by atoms with Crippen molar-refractivity contribution in [3.8, 4) is 0 Å². The van der Waals surface area contributed by atoms with E-state index in [1.807, 2.05) is 13.8 Å². The van der Waals surface area contributed by atoms with Crippen molar-refractivity contribution >= 4 is 42.9 Å². The summed E-state index contributed by atoms with van der Waals surface area (Å²) in [4.78, 5) is -1.67. The minimum Gasteiger partial charge on any atom is -0.353 e. The molecular weight excluding hydrogens is 586 g/mol. The predicted molar refractivity (Wildman–Crippen MR) is 171 cm³/mol. The number of halogens is 1. The van der Waals surface area contributed by atoms with Crippen LogP contribution < -0.4 is 15.9 Å². The van der Waals surface area contributed by atoms with Crippen LogP contribution >= 0.6 is 26.9 Å². The van der Waals surface area contributed by atoms with Crippen molar-refractivity contribution in [1.82, 2.24) is 0 Å². The largest absolute Gasteiger partial charge is 0.353 e. The van der Waals surface area contributed by atoms with Crippen LogP contribution in [0.25, 0.3) is 0 Å². The molecule has 0 aliphatic heterocycles. The maximum absolute atomic E-state index is 5.62. The van der Waals surface area contributed by atoms with E-state index >= 15 is 0 Å². The third-order valence-corrected chi connectivity index (χ3v) is 14.6. The van der Waals surface area contributed by atoms with E-state index in [0.717, 1.165) is 32.5 Å². The Labute approximate surface area is 238 Å². The molecule has 0 aliphatic carbocycles. The Hall–Kier alpha value is -1.52. The molecule has 0 N–H and O–H groups in total. The van der Waals surface area contributed by atoms with Gasteiger partial charge in [-0.3, -0.25) is 0 Å². The van der Waals surface area contributed by atoms with E-state index < -0.39 is 4.90 Å². The zero-order valence-corrected chi connectivity index (χ0v) is 25.6. The van der Waals surface area contributed by atoms with Gasteiger partial charge in [0.1, 0.15) is 15.9 Å². The first-order valence-corrected chi connectivity index (χ1v) is 18.4. The fourth-order valence-electron chi connectivity index (χ4n) is 4.58.